The van der Waals surface area contributed by atoms with Gasteiger partial charge in [0.1, 0.15) is 47.3 Å². The van der Waals surface area contributed by atoms with Crippen molar-refractivity contribution in [3.05, 3.63) is 12.2 Å². The number of primary amides is 1. The molecule has 0 radical (unpaired) electrons. The number of nitrogens with two attached hydrogens (primary N) is 2. The van der Waals surface area contributed by atoms with Gasteiger partial charge < -0.3 is 59.1 Å². The number of amides is 9. The minimum Gasteiger partial charge on any atom is -0.391 e. The van der Waals surface area contributed by atoms with Gasteiger partial charge in [0.2, 0.25) is 53.2 Å². The summed E-state index contributed by atoms with van der Waals surface area (Å²) in [7, 11) is 1.46. The molecule has 20 heteroatoms. The topological polar surface area (TPSA) is 322 Å². The van der Waals surface area contributed by atoms with Gasteiger partial charge in [-0.2, -0.15) is 0 Å². The molecule has 9 amide bonds. The third kappa shape index (κ3) is 17.0. The molecule has 1 rings (SSSR count). The largest absolute Gasteiger partial charge is 0.391 e. The second kappa shape index (κ2) is 25.7. The summed E-state index contributed by atoms with van der Waals surface area (Å²) in [5.41, 5.74) is 7.91. The summed E-state index contributed by atoms with van der Waals surface area (Å²) >= 11 is 0. The van der Waals surface area contributed by atoms with Crippen molar-refractivity contribution in [2.75, 3.05) is 7.05 Å². The molecule has 13 N–H and O–H groups in total. The highest BCUT2D eigenvalue weighted by molar-refractivity contribution is 5.99. The SMILES string of the molecule is CCC1NC(=O)C(C(C)CC)NC(=O)C(C)NC(=O)C(C)(NC(=O)C(CCC(N)=O)NC(=O)C(N)C(C)O)CCC/C=C/CCCC(C)(C(=O)NC(C(=O)NC)C(C)C)NC1=O. The third-order valence-electron chi connectivity index (χ3n) is 11.3. The summed E-state index contributed by atoms with van der Waals surface area (Å²) in [5.74, 6) is -7.00. The minimum atomic E-state index is -1.69. The summed E-state index contributed by atoms with van der Waals surface area (Å²) in [4.78, 5) is 120. The second-order valence-corrected chi connectivity index (χ2v) is 17.1. The normalized spacial score (nSPS) is 26.6. The molecule has 352 valence electrons. The number of aliphatic hydroxyl groups is 1. The first kappa shape index (κ1) is 54.9. The van der Waals surface area contributed by atoms with Crippen LogP contribution in [0.15, 0.2) is 12.2 Å². The van der Waals surface area contributed by atoms with Crippen LogP contribution in [0.1, 0.15) is 127 Å². The monoisotopic (exact) mass is 879 g/mol. The van der Waals surface area contributed by atoms with E-state index < -0.39 is 113 Å². The summed E-state index contributed by atoms with van der Waals surface area (Å²) < 4.78 is 0. The minimum absolute atomic E-state index is 0.0376. The highest BCUT2D eigenvalue weighted by atomic mass is 16.3. The van der Waals surface area contributed by atoms with Crippen LogP contribution < -0.4 is 54.0 Å². The van der Waals surface area contributed by atoms with Gasteiger partial charge in [0.25, 0.3) is 0 Å². The smallest absolute Gasteiger partial charge is 0.246 e. The lowest BCUT2D eigenvalue weighted by Crippen LogP contribution is -2.65. The van der Waals surface area contributed by atoms with Gasteiger partial charge >= 0.3 is 0 Å². The first-order valence-electron chi connectivity index (χ1n) is 21.6. The summed E-state index contributed by atoms with van der Waals surface area (Å²) in [5, 5.41) is 31.2. The maximum Gasteiger partial charge on any atom is 0.246 e. The molecule has 0 fully saturated rings. The van der Waals surface area contributed by atoms with Crippen LogP contribution in [0.4, 0.5) is 0 Å². The zero-order valence-corrected chi connectivity index (χ0v) is 38.2. The van der Waals surface area contributed by atoms with Crippen molar-refractivity contribution in [2.45, 2.75) is 180 Å². The van der Waals surface area contributed by atoms with E-state index in [9.17, 15) is 48.3 Å². The van der Waals surface area contributed by atoms with E-state index in [0.717, 1.165) is 0 Å². The highest BCUT2D eigenvalue weighted by Gasteiger charge is 2.41. The van der Waals surface area contributed by atoms with Crippen molar-refractivity contribution in [2.24, 2.45) is 23.3 Å². The predicted molar refractivity (Wildman–Crippen MR) is 232 cm³/mol. The number of hydrogen-bond donors (Lipinski definition) is 11. The third-order valence-corrected chi connectivity index (χ3v) is 11.3. The van der Waals surface area contributed by atoms with Crippen LogP contribution in [0.25, 0.3) is 0 Å². The van der Waals surface area contributed by atoms with Gasteiger partial charge in [-0.05, 0) is 90.9 Å². The average molecular weight is 879 g/mol. The van der Waals surface area contributed by atoms with Crippen LogP contribution in [0.3, 0.4) is 0 Å². The molecular weight excluding hydrogens is 805 g/mol. The molecular formula is C42H74N10O10. The van der Waals surface area contributed by atoms with Gasteiger partial charge in [0.05, 0.1) is 6.10 Å². The van der Waals surface area contributed by atoms with Crippen LogP contribution >= 0.6 is 0 Å². The molecule has 0 saturated heterocycles. The fourth-order valence-corrected chi connectivity index (χ4v) is 6.62. The van der Waals surface area contributed by atoms with Gasteiger partial charge in [-0.25, -0.2) is 0 Å². The highest BCUT2D eigenvalue weighted by Crippen LogP contribution is 2.20. The van der Waals surface area contributed by atoms with E-state index in [1.54, 1.807) is 34.6 Å². The first-order chi connectivity index (χ1) is 28.9. The standard InChI is InChI=1S/C42H74N10O10/c1-11-24(5)32-38(60)47-27(12-2)34(56)51-42(9,40(62)50-31(23(3)4)37(59)45-10)22-18-16-14-13-15-17-21-41(8,39(61)46-25(6)33(55)49-32)52-35(57)28(19-20-29(43)54)48-36(58)30(44)26(7)53/h13-14,23-28,30-32,53H,11-12,15-22,44H2,1-10H3,(H2,43,54)(H,45,59)(H,46,61)(H,47,60)(H,48,58)(H,49,55)(H,50,62)(H,51,56)(H,52,57)/b14-13+. The average Bonchev–Trinajstić information content (AvgIpc) is 3.21. The van der Waals surface area contributed by atoms with Crippen LogP contribution in [0.5, 0.6) is 0 Å². The molecule has 10 unspecified atom stereocenters. The van der Waals surface area contributed by atoms with Gasteiger partial charge in [-0.3, -0.25) is 43.2 Å². The Balaban J connectivity index is 3.67. The molecule has 0 aromatic carbocycles. The summed E-state index contributed by atoms with van der Waals surface area (Å²) in [6.45, 7) is 14.5. The lowest BCUT2D eigenvalue weighted by molar-refractivity contribution is -0.139. The van der Waals surface area contributed by atoms with E-state index in [2.05, 4.69) is 42.5 Å². The molecule has 0 saturated carbocycles. The van der Waals surface area contributed by atoms with Crippen molar-refractivity contribution in [1.29, 1.82) is 0 Å². The number of nitrogens with one attached hydrogen (secondary N) is 8. The molecule has 1 aliphatic heterocycles. The van der Waals surface area contributed by atoms with Gasteiger partial charge in [-0.1, -0.05) is 53.2 Å². The Labute approximate surface area is 365 Å². The maximum atomic E-state index is 14.1. The Hall–Kier alpha value is -5.11. The van der Waals surface area contributed by atoms with E-state index in [1.807, 2.05) is 19.1 Å². The van der Waals surface area contributed by atoms with Crippen molar-refractivity contribution in [1.82, 2.24) is 42.5 Å². The van der Waals surface area contributed by atoms with Crippen molar-refractivity contribution in [3.8, 4) is 0 Å². The Morgan fingerprint density at radius 3 is 1.97 bits per heavy atom. The van der Waals surface area contributed by atoms with Crippen LogP contribution in [0.2, 0.25) is 0 Å². The second-order valence-electron chi connectivity index (χ2n) is 17.1. The molecule has 62 heavy (non-hydrogen) atoms. The predicted octanol–water partition coefficient (Wildman–Crippen LogP) is -1.08. The van der Waals surface area contributed by atoms with E-state index in [-0.39, 0.29) is 38.0 Å². The van der Waals surface area contributed by atoms with Gasteiger partial charge in [0.15, 0.2) is 0 Å². The lowest BCUT2D eigenvalue weighted by Gasteiger charge is -2.34. The Morgan fingerprint density at radius 2 is 1.45 bits per heavy atom. The first-order valence-corrected chi connectivity index (χ1v) is 21.6. The number of hydrogen-bond acceptors (Lipinski definition) is 11. The van der Waals surface area contributed by atoms with E-state index in [4.69, 9.17) is 11.5 Å². The fourth-order valence-electron chi connectivity index (χ4n) is 6.62. The quantitative estimate of drug-likeness (QED) is 0.0880. The molecule has 20 nitrogen and oxygen atoms in total. The van der Waals surface area contributed by atoms with Crippen molar-refractivity contribution >= 4 is 53.2 Å². The van der Waals surface area contributed by atoms with Crippen LogP contribution in [-0.4, -0.2) is 119 Å². The molecule has 0 aromatic rings. The number of likely N-dealkylation sites (N-methyl/N-ethyl adjacent to an activating group) is 1. The zero-order chi connectivity index (χ0) is 47.5. The van der Waals surface area contributed by atoms with E-state index in [0.29, 0.717) is 32.1 Å². The molecule has 1 heterocycles. The maximum absolute atomic E-state index is 14.1. The summed E-state index contributed by atoms with van der Waals surface area (Å²) in [6.07, 6.45) is 4.34. The number of carbonyl (C=O) groups is 9. The van der Waals surface area contributed by atoms with Crippen molar-refractivity contribution in [3.63, 3.8) is 0 Å². The van der Waals surface area contributed by atoms with Gasteiger partial charge in [0, 0.05) is 13.5 Å². The molecule has 1 aliphatic rings. The number of rotatable bonds is 15. The van der Waals surface area contributed by atoms with Crippen LogP contribution in [0, 0.1) is 11.8 Å². The molecule has 0 spiro atoms. The van der Waals surface area contributed by atoms with Crippen LogP contribution in [-0.2, 0) is 43.2 Å². The van der Waals surface area contributed by atoms with Crippen molar-refractivity contribution < 1.29 is 48.3 Å². The molecule has 0 aliphatic carbocycles. The molecule has 0 aromatic heterocycles. The lowest BCUT2D eigenvalue weighted by atomic mass is 9.91. The molecule has 0 bridgehead atoms. The zero-order valence-electron chi connectivity index (χ0n) is 38.2. The fraction of sp³-hybridized carbons (Fsp3) is 0.738. The molecule has 10 atom stereocenters. The van der Waals surface area contributed by atoms with E-state index >= 15 is 0 Å². The van der Waals surface area contributed by atoms with Gasteiger partial charge in [-0.15, -0.1) is 0 Å². The summed E-state index contributed by atoms with van der Waals surface area (Å²) in [6, 6.07) is -7.19. The number of aliphatic hydroxyl groups excluding tert-OH is 1. The Bertz CT molecular complexity index is 1620. The number of carbonyl (C=O) groups excluding carboxylic acids is 9. The Morgan fingerprint density at radius 1 is 0.855 bits per heavy atom. The number of allylic oxidation sites excluding steroid dienone is 2. The Kier molecular flexibility index (Phi) is 22.8. The van der Waals surface area contributed by atoms with E-state index in [1.165, 1.54) is 27.8 Å².